The van der Waals surface area contributed by atoms with Crippen LogP contribution in [0.25, 0.3) is 0 Å². The van der Waals surface area contributed by atoms with Crippen LogP contribution >= 0.6 is 0 Å². The van der Waals surface area contributed by atoms with Crippen molar-refractivity contribution in [1.29, 1.82) is 0 Å². The lowest BCUT2D eigenvalue weighted by molar-refractivity contribution is 0.165. The molecular formula is C11H22O4S. The van der Waals surface area contributed by atoms with E-state index in [0.29, 0.717) is 6.61 Å². The van der Waals surface area contributed by atoms with Gasteiger partial charge in [-0.2, -0.15) is 8.42 Å². The second kappa shape index (κ2) is 9.81. The summed E-state index contributed by atoms with van der Waals surface area (Å²) in [6.07, 6.45) is 9.66. The molecule has 0 rings (SSSR count). The predicted molar refractivity (Wildman–Crippen MR) is 64.9 cm³/mol. The summed E-state index contributed by atoms with van der Waals surface area (Å²) in [5.41, 5.74) is 0. The molecule has 0 spiro atoms. The monoisotopic (exact) mass is 250 g/mol. The Morgan fingerprint density at radius 1 is 1.06 bits per heavy atom. The quantitative estimate of drug-likeness (QED) is 0.348. The summed E-state index contributed by atoms with van der Waals surface area (Å²) in [5, 5.41) is 0. The number of unbranched alkanes of at least 4 members (excludes halogenated alkanes) is 6. The second-order valence-corrected chi connectivity index (χ2v) is 5.21. The highest BCUT2D eigenvalue weighted by Crippen LogP contribution is 2.07. The maximum atomic E-state index is 10.3. The summed E-state index contributed by atoms with van der Waals surface area (Å²) >= 11 is 0. The van der Waals surface area contributed by atoms with E-state index in [2.05, 4.69) is 6.58 Å². The summed E-state index contributed by atoms with van der Waals surface area (Å²) in [5.74, 6) is -0.591. The molecule has 16 heavy (non-hydrogen) atoms. The lowest BCUT2D eigenvalue weighted by Gasteiger charge is -2.02. The van der Waals surface area contributed by atoms with Gasteiger partial charge in [0.2, 0.25) is 0 Å². The molecular weight excluding hydrogens is 228 g/mol. The van der Waals surface area contributed by atoms with Crippen LogP contribution in [0.3, 0.4) is 0 Å². The topological polar surface area (TPSA) is 63.6 Å². The van der Waals surface area contributed by atoms with Crippen molar-refractivity contribution >= 4 is 10.1 Å². The van der Waals surface area contributed by atoms with Gasteiger partial charge >= 0.3 is 0 Å². The molecule has 0 aromatic heterocycles. The van der Waals surface area contributed by atoms with Gasteiger partial charge in [0.1, 0.15) is 0 Å². The van der Waals surface area contributed by atoms with E-state index in [1.165, 1.54) is 19.3 Å². The van der Waals surface area contributed by atoms with Crippen molar-refractivity contribution in [2.45, 2.75) is 44.9 Å². The lowest BCUT2D eigenvalue weighted by atomic mass is 10.1. The average molecular weight is 250 g/mol. The molecule has 0 saturated carbocycles. The number of hydrogen-bond donors (Lipinski definition) is 1. The Kier molecular flexibility index (Phi) is 9.57. The third kappa shape index (κ3) is 13.6. The molecule has 0 unspecified atom stereocenters. The smallest absolute Gasteiger partial charge is 0.289 e. The van der Waals surface area contributed by atoms with E-state index in [-0.39, 0.29) is 0 Å². The fourth-order valence-electron chi connectivity index (χ4n) is 1.36. The fourth-order valence-corrected chi connectivity index (χ4v) is 1.69. The molecule has 0 aliphatic heterocycles. The first-order chi connectivity index (χ1) is 7.56. The van der Waals surface area contributed by atoms with Crippen LogP contribution in [0.2, 0.25) is 0 Å². The van der Waals surface area contributed by atoms with Gasteiger partial charge in [0.15, 0.2) is 5.94 Å². The predicted octanol–water partition coefficient (Wildman–Crippen LogP) is 2.77. The van der Waals surface area contributed by atoms with Crippen LogP contribution in [-0.2, 0) is 14.9 Å². The maximum Gasteiger partial charge on any atom is 0.289 e. The SMILES string of the molecule is C=CCCCCCCCCOCS(=O)(=O)O. The Labute approximate surface area is 98.4 Å². The van der Waals surface area contributed by atoms with Gasteiger partial charge in [-0.05, 0) is 19.3 Å². The van der Waals surface area contributed by atoms with Gasteiger partial charge < -0.3 is 4.74 Å². The largest absolute Gasteiger partial charge is 0.363 e. The minimum Gasteiger partial charge on any atom is -0.363 e. The standard InChI is InChI=1S/C11H22O4S/c1-2-3-4-5-6-7-8-9-10-15-11-16(12,13)14/h2H,1,3-11H2,(H,12,13,14). The van der Waals surface area contributed by atoms with Gasteiger partial charge in [-0.3, -0.25) is 4.55 Å². The van der Waals surface area contributed by atoms with E-state index in [0.717, 1.165) is 25.7 Å². The summed E-state index contributed by atoms with van der Waals surface area (Å²) in [4.78, 5) is 0. The van der Waals surface area contributed by atoms with Crippen molar-refractivity contribution < 1.29 is 17.7 Å². The Bertz CT molecular complexity index is 259. The van der Waals surface area contributed by atoms with Crippen LogP contribution in [0.1, 0.15) is 44.9 Å². The molecule has 0 aromatic rings. The van der Waals surface area contributed by atoms with Gasteiger partial charge in [0, 0.05) is 6.61 Å². The van der Waals surface area contributed by atoms with Crippen molar-refractivity contribution in [2.75, 3.05) is 12.5 Å². The van der Waals surface area contributed by atoms with Crippen molar-refractivity contribution in [1.82, 2.24) is 0 Å². The van der Waals surface area contributed by atoms with Gasteiger partial charge in [-0.25, -0.2) is 0 Å². The van der Waals surface area contributed by atoms with Gasteiger partial charge in [0.25, 0.3) is 10.1 Å². The zero-order valence-electron chi connectivity index (χ0n) is 9.73. The maximum absolute atomic E-state index is 10.3. The summed E-state index contributed by atoms with van der Waals surface area (Å²) in [6.45, 7) is 4.06. The molecule has 0 amide bonds. The lowest BCUT2D eigenvalue weighted by Crippen LogP contribution is -2.08. The average Bonchev–Trinajstić information content (AvgIpc) is 2.19. The third-order valence-corrected chi connectivity index (χ3v) is 2.64. The fraction of sp³-hybridized carbons (Fsp3) is 0.818. The summed E-state index contributed by atoms with van der Waals surface area (Å²) in [7, 11) is -3.96. The van der Waals surface area contributed by atoms with Crippen molar-refractivity contribution in [3.05, 3.63) is 12.7 Å². The first kappa shape index (κ1) is 15.6. The molecule has 0 aliphatic carbocycles. The molecule has 0 aromatic carbocycles. The normalized spacial score (nSPS) is 11.6. The van der Waals surface area contributed by atoms with Crippen LogP contribution in [0.4, 0.5) is 0 Å². The number of rotatable bonds is 11. The van der Waals surface area contributed by atoms with Crippen LogP contribution in [0, 0.1) is 0 Å². The van der Waals surface area contributed by atoms with E-state index >= 15 is 0 Å². The molecule has 96 valence electrons. The molecule has 0 atom stereocenters. The van der Waals surface area contributed by atoms with Crippen molar-refractivity contribution in [2.24, 2.45) is 0 Å². The van der Waals surface area contributed by atoms with E-state index in [1.54, 1.807) is 0 Å². The molecule has 1 N–H and O–H groups in total. The van der Waals surface area contributed by atoms with Crippen molar-refractivity contribution in [3.8, 4) is 0 Å². The Hall–Kier alpha value is -0.390. The molecule has 0 heterocycles. The molecule has 4 nitrogen and oxygen atoms in total. The zero-order chi connectivity index (χ0) is 12.3. The van der Waals surface area contributed by atoms with Crippen LogP contribution < -0.4 is 0 Å². The molecule has 0 bridgehead atoms. The number of allylic oxidation sites excluding steroid dienone is 1. The highest BCUT2D eigenvalue weighted by atomic mass is 32.2. The molecule has 0 aliphatic rings. The van der Waals surface area contributed by atoms with E-state index in [4.69, 9.17) is 9.29 Å². The molecule has 0 radical (unpaired) electrons. The first-order valence-electron chi connectivity index (χ1n) is 5.70. The Balaban J connectivity index is 3.07. The van der Waals surface area contributed by atoms with Gasteiger partial charge in [0.05, 0.1) is 0 Å². The molecule has 0 fully saturated rings. The van der Waals surface area contributed by atoms with Crippen LogP contribution in [0.5, 0.6) is 0 Å². The second-order valence-electron chi connectivity index (χ2n) is 3.81. The highest BCUT2D eigenvalue weighted by Gasteiger charge is 2.02. The highest BCUT2D eigenvalue weighted by molar-refractivity contribution is 7.85. The summed E-state index contributed by atoms with van der Waals surface area (Å²) < 4.78 is 33.8. The number of hydrogen-bond acceptors (Lipinski definition) is 3. The van der Waals surface area contributed by atoms with E-state index < -0.39 is 16.1 Å². The van der Waals surface area contributed by atoms with Gasteiger partial charge in [-0.1, -0.05) is 31.8 Å². The number of ether oxygens (including phenoxy) is 1. The Morgan fingerprint density at radius 3 is 2.19 bits per heavy atom. The molecule has 0 saturated heterocycles. The Morgan fingerprint density at radius 2 is 1.62 bits per heavy atom. The van der Waals surface area contributed by atoms with Crippen LogP contribution in [0.15, 0.2) is 12.7 Å². The van der Waals surface area contributed by atoms with E-state index in [9.17, 15) is 8.42 Å². The summed E-state index contributed by atoms with van der Waals surface area (Å²) in [6, 6.07) is 0. The van der Waals surface area contributed by atoms with E-state index in [1.807, 2.05) is 6.08 Å². The minimum atomic E-state index is -3.96. The third-order valence-electron chi connectivity index (χ3n) is 2.18. The molecule has 5 heteroatoms. The minimum absolute atomic E-state index is 0.395. The van der Waals surface area contributed by atoms with Gasteiger partial charge in [-0.15, -0.1) is 6.58 Å². The first-order valence-corrected chi connectivity index (χ1v) is 7.31. The van der Waals surface area contributed by atoms with Crippen LogP contribution in [-0.4, -0.2) is 25.5 Å². The van der Waals surface area contributed by atoms with Crippen molar-refractivity contribution in [3.63, 3.8) is 0 Å². The zero-order valence-corrected chi connectivity index (χ0v) is 10.5.